The van der Waals surface area contributed by atoms with E-state index in [0.29, 0.717) is 23.1 Å². The highest BCUT2D eigenvalue weighted by Gasteiger charge is 2.11. The van der Waals surface area contributed by atoms with Crippen molar-refractivity contribution in [3.63, 3.8) is 0 Å². The van der Waals surface area contributed by atoms with Gasteiger partial charge in [-0.15, -0.1) is 0 Å². The molecule has 2 N–H and O–H groups in total. The van der Waals surface area contributed by atoms with Gasteiger partial charge in [-0.25, -0.2) is 9.97 Å². The zero-order valence-corrected chi connectivity index (χ0v) is 18.8. The SMILES string of the molecule is Cc1ccc(NC(=O)COc2cccc(Br)c2)c(Nc2nccc(-c3cccnc3)n2)c1. The number of aryl methyl sites for hydroxylation is 1. The molecule has 2 aromatic heterocycles. The first kappa shape index (κ1) is 21.5. The Labute approximate surface area is 194 Å². The first-order valence-electron chi connectivity index (χ1n) is 9.86. The van der Waals surface area contributed by atoms with E-state index in [1.807, 2.05) is 55.5 Å². The van der Waals surface area contributed by atoms with Crippen LogP contribution in [0.5, 0.6) is 5.75 Å². The van der Waals surface area contributed by atoms with Crippen molar-refractivity contribution >= 4 is 39.2 Å². The van der Waals surface area contributed by atoms with Crippen LogP contribution in [-0.2, 0) is 4.79 Å². The van der Waals surface area contributed by atoms with E-state index in [-0.39, 0.29) is 12.5 Å². The number of amides is 1. The van der Waals surface area contributed by atoms with E-state index in [4.69, 9.17) is 4.74 Å². The molecule has 0 unspecified atom stereocenters. The predicted octanol–water partition coefficient (Wildman–Crippen LogP) is 5.37. The van der Waals surface area contributed by atoms with Gasteiger partial charge in [-0.3, -0.25) is 9.78 Å². The molecule has 0 aliphatic heterocycles. The molecule has 7 nitrogen and oxygen atoms in total. The molecule has 0 bridgehead atoms. The summed E-state index contributed by atoms with van der Waals surface area (Å²) in [6.45, 7) is 1.86. The normalized spacial score (nSPS) is 10.4. The Morgan fingerprint density at radius 1 is 1.03 bits per heavy atom. The largest absolute Gasteiger partial charge is 0.484 e. The fraction of sp³-hybridized carbons (Fsp3) is 0.0833. The lowest BCUT2D eigenvalue weighted by Gasteiger charge is -2.14. The third-order valence-electron chi connectivity index (χ3n) is 4.47. The molecule has 0 aliphatic rings. The van der Waals surface area contributed by atoms with Crippen molar-refractivity contribution in [3.05, 3.63) is 89.3 Å². The number of nitrogens with one attached hydrogen (secondary N) is 2. The molecule has 2 heterocycles. The van der Waals surface area contributed by atoms with Crippen LogP contribution >= 0.6 is 15.9 Å². The third-order valence-corrected chi connectivity index (χ3v) is 4.97. The van der Waals surface area contributed by atoms with Crippen LogP contribution in [0.25, 0.3) is 11.3 Å². The van der Waals surface area contributed by atoms with E-state index in [0.717, 1.165) is 21.3 Å². The number of hydrogen-bond acceptors (Lipinski definition) is 6. The minimum absolute atomic E-state index is 0.114. The zero-order chi connectivity index (χ0) is 22.3. The monoisotopic (exact) mass is 489 g/mol. The van der Waals surface area contributed by atoms with Crippen molar-refractivity contribution in [3.8, 4) is 17.0 Å². The maximum atomic E-state index is 12.5. The minimum Gasteiger partial charge on any atom is -0.484 e. The van der Waals surface area contributed by atoms with Crippen LogP contribution in [-0.4, -0.2) is 27.5 Å². The summed E-state index contributed by atoms with van der Waals surface area (Å²) in [5.41, 5.74) is 3.95. The summed E-state index contributed by atoms with van der Waals surface area (Å²) < 4.78 is 6.46. The highest BCUT2D eigenvalue weighted by Crippen LogP contribution is 2.26. The topological polar surface area (TPSA) is 89.0 Å². The van der Waals surface area contributed by atoms with Crippen molar-refractivity contribution in [1.82, 2.24) is 15.0 Å². The van der Waals surface area contributed by atoms with Crippen molar-refractivity contribution in [1.29, 1.82) is 0 Å². The number of nitrogens with zero attached hydrogens (tertiary/aromatic N) is 3. The van der Waals surface area contributed by atoms with Crippen molar-refractivity contribution in [2.45, 2.75) is 6.92 Å². The molecule has 8 heteroatoms. The van der Waals surface area contributed by atoms with Gasteiger partial charge in [0.2, 0.25) is 5.95 Å². The Hall–Kier alpha value is -3.78. The zero-order valence-electron chi connectivity index (χ0n) is 17.2. The van der Waals surface area contributed by atoms with Gasteiger partial charge in [0.25, 0.3) is 5.91 Å². The second-order valence-electron chi connectivity index (χ2n) is 6.98. The van der Waals surface area contributed by atoms with Crippen LogP contribution in [0, 0.1) is 6.92 Å². The Morgan fingerprint density at radius 2 is 1.94 bits per heavy atom. The molecule has 0 atom stereocenters. The molecule has 1 amide bonds. The summed E-state index contributed by atoms with van der Waals surface area (Å²) in [5.74, 6) is 0.747. The van der Waals surface area contributed by atoms with Gasteiger partial charge in [0.05, 0.1) is 17.1 Å². The molecule has 0 spiro atoms. The second-order valence-corrected chi connectivity index (χ2v) is 7.89. The number of aromatic nitrogens is 3. The Kier molecular flexibility index (Phi) is 6.72. The van der Waals surface area contributed by atoms with E-state index in [9.17, 15) is 4.79 Å². The summed E-state index contributed by atoms with van der Waals surface area (Å²) in [6, 6.07) is 18.6. The molecule has 0 radical (unpaired) electrons. The standard InChI is InChI=1S/C24H20BrN5O2/c1-16-7-8-21(28-23(31)15-32-19-6-2-5-18(25)13-19)22(12-16)30-24-27-11-9-20(29-24)17-4-3-10-26-14-17/h2-14H,15H2,1H3,(H,28,31)(H,27,29,30). The second kappa shape index (κ2) is 10.0. The van der Waals surface area contributed by atoms with Crippen molar-refractivity contribution in [2.75, 3.05) is 17.2 Å². The Morgan fingerprint density at radius 3 is 2.75 bits per heavy atom. The molecule has 0 aliphatic carbocycles. The van der Waals surface area contributed by atoms with Gasteiger partial charge in [0.15, 0.2) is 6.61 Å². The van der Waals surface area contributed by atoms with Crippen LogP contribution < -0.4 is 15.4 Å². The molecule has 4 aromatic rings. The number of ether oxygens (including phenoxy) is 1. The van der Waals surface area contributed by atoms with Gasteiger partial charge >= 0.3 is 0 Å². The molecule has 32 heavy (non-hydrogen) atoms. The average molecular weight is 490 g/mol. The van der Waals surface area contributed by atoms with Crippen LogP contribution in [0.2, 0.25) is 0 Å². The molecule has 0 saturated carbocycles. The van der Waals surface area contributed by atoms with Crippen LogP contribution in [0.3, 0.4) is 0 Å². The molecule has 0 fully saturated rings. The van der Waals surface area contributed by atoms with Gasteiger partial charge in [0.1, 0.15) is 5.75 Å². The average Bonchev–Trinajstić information content (AvgIpc) is 2.80. The number of rotatable bonds is 7. The molecule has 160 valence electrons. The lowest BCUT2D eigenvalue weighted by Crippen LogP contribution is -2.20. The molecule has 2 aromatic carbocycles. The van der Waals surface area contributed by atoms with Gasteiger partial charge in [-0.2, -0.15) is 0 Å². The first-order valence-corrected chi connectivity index (χ1v) is 10.7. The van der Waals surface area contributed by atoms with Gasteiger partial charge in [0, 0.05) is 28.6 Å². The minimum atomic E-state index is -0.276. The maximum absolute atomic E-state index is 12.5. The molecule has 4 rings (SSSR count). The summed E-state index contributed by atoms with van der Waals surface area (Å²) >= 11 is 3.39. The molecular weight excluding hydrogens is 470 g/mol. The van der Waals surface area contributed by atoms with Crippen LogP contribution in [0.1, 0.15) is 5.56 Å². The first-order chi connectivity index (χ1) is 15.6. The quantitative estimate of drug-likeness (QED) is 0.362. The Balaban J connectivity index is 1.48. The number of benzene rings is 2. The lowest BCUT2D eigenvalue weighted by molar-refractivity contribution is -0.118. The summed E-state index contributed by atoms with van der Waals surface area (Å²) in [7, 11) is 0. The van der Waals surface area contributed by atoms with Crippen LogP contribution in [0.4, 0.5) is 17.3 Å². The maximum Gasteiger partial charge on any atom is 0.262 e. The number of halogens is 1. The fourth-order valence-electron chi connectivity index (χ4n) is 2.98. The molecular formula is C24H20BrN5O2. The van der Waals surface area contributed by atoms with E-state index < -0.39 is 0 Å². The highest BCUT2D eigenvalue weighted by molar-refractivity contribution is 9.10. The van der Waals surface area contributed by atoms with Crippen molar-refractivity contribution in [2.24, 2.45) is 0 Å². The van der Waals surface area contributed by atoms with Gasteiger partial charge < -0.3 is 15.4 Å². The highest BCUT2D eigenvalue weighted by atomic mass is 79.9. The number of carbonyl (C=O) groups is 1. The predicted molar refractivity (Wildman–Crippen MR) is 128 cm³/mol. The van der Waals surface area contributed by atoms with Gasteiger partial charge in [-0.05, 0) is 61.0 Å². The smallest absolute Gasteiger partial charge is 0.262 e. The van der Waals surface area contributed by atoms with E-state index in [1.165, 1.54) is 0 Å². The summed E-state index contributed by atoms with van der Waals surface area (Å²) in [5, 5.41) is 6.09. The summed E-state index contributed by atoms with van der Waals surface area (Å²) in [6.07, 6.45) is 5.14. The number of pyridine rings is 1. The van der Waals surface area contributed by atoms with E-state index in [1.54, 1.807) is 30.7 Å². The van der Waals surface area contributed by atoms with Crippen LogP contribution in [0.15, 0.2) is 83.7 Å². The molecule has 0 saturated heterocycles. The number of anilines is 3. The fourth-order valence-corrected chi connectivity index (χ4v) is 3.36. The summed E-state index contributed by atoms with van der Waals surface area (Å²) in [4.78, 5) is 25.5. The third kappa shape index (κ3) is 5.67. The van der Waals surface area contributed by atoms with E-state index in [2.05, 4.69) is 41.5 Å². The Bertz CT molecular complexity index is 1230. The number of carbonyl (C=O) groups excluding carboxylic acids is 1. The number of hydrogen-bond donors (Lipinski definition) is 2. The van der Waals surface area contributed by atoms with Crippen molar-refractivity contribution < 1.29 is 9.53 Å². The van der Waals surface area contributed by atoms with E-state index >= 15 is 0 Å². The van der Waals surface area contributed by atoms with Gasteiger partial charge in [-0.1, -0.05) is 28.1 Å². The lowest BCUT2D eigenvalue weighted by atomic mass is 10.2.